The second kappa shape index (κ2) is 8.28. The molecule has 0 radical (unpaired) electrons. The number of amides is 1. The summed E-state index contributed by atoms with van der Waals surface area (Å²) in [4.78, 5) is 22.6. The van der Waals surface area contributed by atoms with Crippen LogP contribution in [0.2, 0.25) is 0 Å². The van der Waals surface area contributed by atoms with E-state index < -0.39 is 0 Å². The molecule has 0 bridgehead atoms. The van der Waals surface area contributed by atoms with E-state index in [4.69, 9.17) is 0 Å². The molecule has 7 nitrogen and oxygen atoms in total. The second-order valence-corrected chi connectivity index (χ2v) is 6.66. The van der Waals surface area contributed by atoms with Crippen LogP contribution in [0.15, 0.2) is 12.4 Å². The molecule has 3 N–H and O–H groups in total. The van der Waals surface area contributed by atoms with E-state index in [1.807, 2.05) is 6.07 Å². The van der Waals surface area contributed by atoms with Crippen LogP contribution in [0, 0.1) is 0 Å². The van der Waals surface area contributed by atoms with Gasteiger partial charge in [-0.15, -0.1) is 0 Å². The number of aliphatic hydroxyl groups excluding tert-OH is 1. The average molecular weight is 333 g/mol. The zero-order valence-electron chi connectivity index (χ0n) is 14.1. The minimum absolute atomic E-state index is 0.101. The quantitative estimate of drug-likeness (QED) is 0.697. The third kappa shape index (κ3) is 4.35. The third-order valence-electron chi connectivity index (χ3n) is 4.91. The number of hydrogen-bond acceptors (Lipinski definition) is 6. The van der Waals surface area contributed by atoms with Crippen molar-refractivity contribution in [3.8, 4) is 0 Å². The maximum absolute atomic E-state index is 11.9. The summed E-state index contributed by atoms with van der Waals surface area (Å²) < 4.78 is 0. The van der Waals surface area contributed by atoms with Crippen LogP contribution >= 0.6 is 0 Å². The Morgan fingerprint density at radius 3 is 2.88 bits per heavy atom. The largest absolute Gasteiger partial charge is 0.394 e. The molecule has 0 spiro atoms. The molecule has 1 atom stereocenters. The zero-order valence-corrected chi connectivity index (χ0v) is 14.1. The normalized spacial score (nSPS) is 21.2. The van der Waals surface area contributed by atoms with Gasteiger partial charge in [-0.2, -0.15) is 0 Å². The highest BCUT2D eigenvalue weighted by atomic mass is 16.3. The minimum atomic E-state index is 0.101. The van der Waals surface area contributed by atoms with Crippen LogP contribution in [0.4, 0.5) is 11.6 Å². The number of carbonyl (C=O) groups excluding carboxylic acids is 1. The van der Waals surface area contributed by atoms with Crippen LogP contribution in [-0.2, 0) is 4.79 Å². The van der Waals surface area contributed by atoms with Gasteiger partial charge in [-0.05, 0) is 25.7 Å². The molecule has 24 heavy (non-hydrogen) atoms. The lowest BCUT2D eigenvalue weighted by Crippen LogP contribution is -2.33. The van der Waals surface area contributed by atoms with Crippen LogP contribution in [0.5, 0.6) is 0 Å². The predicted octanol–water partition coefficient (Wildman–Crippen LogP) is 1.30. The van der Waals surface area contributed by atoms with E-state index in [1.165, 1.54) is 19.2 Å². The highest BCUT2D eigenvalue weighted by molar-refractivity contribution is 5.76. The Morgan fingerprint density at radius 2 is 2.08 bits per heavy atom. The van der Waals surface area contributed by atoms with Crippen LogP contribution in [0.3, 0.4) is 0 Å². The van der Waals surface area contributed by atoms with Crippen molar-refractivity contribution in [1.82, 2.24) is 15.3 Å². The van der Waals surface area contributed by atoms with Crippen LogP contribution in [0.25, 0.3) is 0 Å². The molecule has 1 amide bonds. The number of rotatable bonds is 7. The fraction of sp³-hybridized carbons (Fsp3) is 0.706. The summed E-state index contributed by atoms with van der Waals surface area (Å²) in [6.07, 6.45) is 8.69. The van der Waals surface area contributed by atoms with Crippen molar-refractivity contribution in [1.29, 1.82) is 0 Å². The number of aliphatic hydroxyl groups is 1. The van der Waals surface area contributed by atoms with E-state index >= 15 is 0 Å². The molecule has 7 heteroatoms. The highest BCUT2D eigenvalue weighted by Crippen LogP contribution is 2.24. The molecule has 1 aromatic rings. The maximum Gasteiger partial charge on any atom is 0.221 e. The van der Waals surface area contributed by atoms with Gasteiger partial charge in [-0.3, -0.25) is 4.79 Å². The SMILES string of the molecule is O=C(CCNc1cc(N2CCC[C@@H]2CO)ncn1)NC1CCCC1. The Labute approximate surface area is 142 Å². The van der Waals surface area contributed by atoms with E-state index in [2.05, 4.69) is 25.5 Å². The number of anilines is 2. The van der Waals surface area contributed by atoms with Gasteiger partial charge in [-0.25, -0.2) is 9.97 Å². The van der Waals surface area contributed by atoms with Crippen LogP contribution in [0.1, 0.15) is 44.9 Å². The van der Waals surface area contributed by atoms with Crippen LogP contribution in [-0.4, -0.2) is 52.8 Å². The molecular formula is C17H27N5O2. The molecule has 1 aliphatic carbocycles. The Morgan fingerprint density at radius 1 is 1.25 bits per heavy atom. The first-order chi connectivity index (χ1) is 11.8. The molecule has 1 aromatic heterocycles. The minimum Gasteiger partial charge on any atom is -0.394 e. The lowest BCUT2D eigenvalue weighted by molar-refractivity contribution is -0.121. The molecule has 3 rings (SSSR count). The van der Waals surface area contributed by atoms with Crippen molar-refractivity contribution >= 4 is 17.5 Å². The number of carbonyl (C=O) groups is 1. The average Bonchev–Trinajstić information content (AvgIpc) is 3.26. The molecule has 2 fully saturated rings. The van der Waals surface area contributed by atoms with E-state index in [0.717, 1.165) is 43.9 Å². The van der Waals surface area contributed by atoms with Gasteiger partial charge < -0.3 is 20.6 Å². The van der Waals surface area contributed by atoms with E-state index in [0.29, 0.717) is 19.0 Å². The van der Waals surface area contributed by atoms with Gasteiger partial charge in [0.25, 0.3) is 0 Å². The summed E-state index contributed by atoms with van der Waals surface area (Å²) in [7, 11) is 0. The van der Waals surface area contributed by atoms with Crippen molar-refractivity contribution in [3.63, 3.8) is 0 Å². The van der Waals surface area contributed by atoms with Crippen LogP contribution < -0.4 is 15.5 Å². The second-order valence-electron chi connectivity index (χ2n) is 6.66. The number of hydrogen-bond donors (Lipinski definition) is 3. The van der Waals surface area contributed by atoms with Crippen molar-refractivity contribution in [2.75, 3.05) is 29.9 Å². The van der Waals surface area contributed by atoms with Gasteiger partial charge in [0, 0.05) is 31.6 Å². The smallest absolute Gasteiger partial charge is 0.221 e. The molecule has 1 aliphatic heterocycles. The zero-order chi connectivity index (χ0) is 16.8. The first-order valence-corrected chi connectivity index (χ1v) is 8.99. The first-order valence-electron chi connectivity index (χ1n) is 8.99. The van der Waals surface area contributed by atoms with Crippen molar-refractivity contribution in [2.45, 2.75) is 57.0 Å². The Balaban J connectivity index is 1.47. The summed E-state index contributed by atoms with van der Waals surface area (Å²) in [6, 6.07) is 2.40. The summed E-state index contributed by atoms with van der Waals surface area (Å²) in [5.41, 5.74) is 0. The first kappa shape index (κ1) is 17.0. The Bertz CT molecular complexity index is 548. The Kier molecular flexibility index (Phi) is 5.85. The van der Waals surface area contributed by atoms with E-state index in [1.54, 1.807) is 0 Å². The number of aromatic nitrogens is 2. The molecule has 0 aromatic carbocycles. The molecule has 2 heterocycles. The van der Waals surface area contributed by atoms with Crippen molar-refractivity contribution < 1.29 is 9.90 Å². The lowest BCUT2D eigenvalue weighted by Gasteiger charge is -2.24. The summed E-state index contributed by atoms with van der Waals surface area (Å²) >= 11 is 0. The van der Waals surface area contributed by atoms with Gasteiger partial charge >= 0.3 is 0 Å². The van der Waals surface area contributed by atoms with Gasteiger partial charge in [0.1, 0.15) is 18.0 Å². The fourth-order valence-corrected chi connectivity index (χ4v) is 3.60. The summed E-state index contributed by atoms with van der Waals surface area (Å²) in [5, 5.41) is 15.7. The standard InChI is InChI=1S/C17H27N5O2/c23-11-14-6-3-9-22(14)16-10-15(19-12-20-16)18-8-7-17(24)21-13-4-1-2-5-13/h10,12-14,23H,1-9,11H2,(H,21,24)(H,18,19,20)/t14-/m1/s1. The highest BCUT2D eigenvalue weighted by Gasteiger charge is 2.25. The van der Waals surface area contributed by atoms with Crippen molar-refractivity contribution in [2.24, 2.45) is 0 Å². The molecule has 0 unspecified atom stereocenters. The van der Waals surface area contributed by atoms with Gasteiger partial charge in [0.05, 0.1) is 12.6 Å². The lowest BCUT2D eigenvalue weighted by atomic mass is 10.2. The van der Waals surface area contributed by atoms with Gasteiger partial charge in [0.2, 0.25) is 5.91 Å². The fourth-order valence-electron chi connectivity index (χ4n) is 3.60. The number of nitrogens with zero attached hydrogens (tertiary/aromatic N) is 3. The Hall–Kier alpha value is -1.89. The summed E-state index contributed by atoms with van der Waals surface area (Å²) in [6.45, 7) is 1.61. The number of nitrogens with one attached hydrogen (secondary N) is 2. The molecule has 132 valence electrons. The maximum atomic E-state index is 11.9. The van der Waals surface area contributed by atoms with E-state index in [9.17, 15) is 9.90 Å². The molecule has 2 aliphatic rings. The van der Waals surface area contributed by atoms with Crippen molar-refractivity contribution in [3.05, 3.63) is 12.4 Å². The monoisotopic (exact) mass is 333 g/mol. The van der Waals surface area contributed by atoms with Gasteiger partial charge in [0.15, 0.2) is 0 Å². The molecular weight excluding hydrogens is 306 g/mol. The van der Waals surface area contributed by atoms with Gasteiger partial charge in [-0.1, -0.05) is 12.8 Å². The topological polar surface area (TPSA) is 90.4 Å². The summed E-state index contributed by atoms with van der Waals surface area (Å²) in [5.74, 6) is 1.65. The molecule has 1 saturated carbocycles. The van der Waals surface area contributed by atoms with E-state index in [-0.39, 0.29) is 18.6 Å². The predicted molar refractivity (Wildman–Crippen MR) is 93.0 cm³/mol. The molecule has 1 saturated heterocycles. The third-order valence-corrected chi connectivity index (χ3v) is 4.91.